The summed E-state index contributed by atoms with van der Waals surface area (Å²) in [5.74, 6) is 0.0638. The van der Waals surface area contributed by atoms with Crippen molar-refractivity contribution in [1.29, 1.82) is 0 Å². The molecule has 130 valence electrons. The molecule has 0 bridgehead atoms. The number of benzene rings is 1. The number of fused-ring (bicyclic) bond motifs is 4. The summed E-state index contributed by atoms with van der Waals surface area (Å²) in [6.07, 6.45) is 2.64. The van der Waals surface area contributed by atoms with Crippen LogP contribution in [0.5, 0.6) is 0 Å². The Morgan fingerprint density at radius 1 is 1.08 bits per heavy atom. The third-order valence-electron chi connectivity index (χ3n) is 5.41. The van der Waals surface area contributed by atoms with Crippen LogP contribution in [0.4, 0.5) is 0 Å². The standard InChI is InChI=1S/C20H15ClN2O3/c21-12-5-3-10(4-6-12)11-8-14(24)17-15(9-11)26-19(22)18-16(17)13-2-1-7-23(13)20(18)25/h1-7,11,16H,8-9,22H2. The van der Waals surface area contributed by atoms with Crippen LogP contribution in [0.15, 0.2) is 65.4 Å². The lowest BCUT2D eigenvalue weighted by Gasteiger charge is -2.32. The Labute approximate surface area is 154 Å². The number of ketones is 1. The minimum Gasteiger partial charge on any atom is -0.445 e. The van der Waals surface area contributed by atoms with Crippen LogP contribution in [-0.4, -0.2) is 16.3 Å². The number of hydrogen-bond acceptors (Lipinski definition) is 4. The highest BCUT2D eigenvalue weighted by atomic mass is 35.5. The number of allylic oxidation sites excluding steroid dienone is 3. The maximum atomic E-state index is 13.0. The molecule has 0 fully saturated rings. The topological polar surface area (TPSA) is 74.3 Å². The zero-order chi connectivity index (χ0) is 18.0. The molecular formula is C20H15ClN2O3. The van der Waals surface area contributed by atoms with Gasteiger partial charge in [0.25, 0.3) is 5.91 Å². The second-order valence-electron chi connectivity index (χ2n) is 6.84. The minimum atomic E-state index is -0.417. The Balaban J connectivity index is 1.58. The fourth-order valence-electron chi connectivity index (χ4n) is 4.23. The van der Waals surface area contributed by atoms with Crippen LogP contribution in [-0.2, 0) is 9.53 Å². The third kappa shape index (κ3) is 2.04. The molecule has 0 saturated heterocycles. The van der Waals surface area contributed by atoms with Gasteiger partial charge in [-0.3, -0.25) is 14.2 Å². The molecule has 0 amide bonds. The molecule has 1 aromatic heterocycles. The van der Waals surface area contributed by atoms with E-state index in [-0.39, 0.29) is 23.5 Å². The van der Waals surface area contributed by atoms with Gasteiger partial charge in [0.1, 0.15) is 5.76 Å². The van der Waals surface area contributed by atoms with Crippen LogP contribution in [0.25, 0.3) is 0 Å². The summed E-state index contributed by atoms with van der Waals surface area (Å²) in [4.78, 5) is 25.6. The van der Waals surface area contributed by atoms with Crippen LogP contribution in [0.1, 0.15) is 40.7 Å². The zero-order valence-corrected chi connectivity index (χ0v) is 14.5. The van der Waals surface area contributed by atoms with Gasteiger partial charge in [-0.15, -0.1) is 0 Å². The number of rotatable bonds is 1. The summed E-state index contributed by atoms with van der Waals surface area (Å²) in [5, 5.41) is 0.659. The highest BCUT2D eigenvalue weighted by Gasteiger charge is 2.47. The Morgan fingerprint density at radius 3 is 2.62 bits per heavy atom. The number of nitrogens with two attached hydrogens (primary N) is 1. The summed E-state index contributed by atoms with van der Waals surface area (Å²) in [6.45, 7) is 0. The molecule has 2 aliphatic heterocycles. The number of halogens is 1. The van der Waals surface area contributed by atoms with E-state index in [1.54, 1.807) is 16.8 Å². The van der Waals surface area contributed by atoms with Crippen molar-refractivity contribution in [2.75, 3.05) is 0 Å². The van der Waals surface area contributed by atoms with Crippen LogP contribution in [0.3, 0.4) is 0 Å². The fourth-order valence-corrected chi connectivity index (χ4v) is 4.35. The second kappa shape index (κ2) is 5.35. The quantitative estimate of drug-likeness (QED) is 0.838. The summed E-state index contributed by atoms with van der Waals surface area (Å²) in [5.41, 5.74) is 8.83. The molecule has 2 unspecified atom stereocenters. The number of nitrogens with zero attached hydrogens (tertiary/aromatic N) is 1. The highest BCUT2D eigenvalue weighted by molar-refractivity contribution is 6.30. The average Bonchev–Trinajstić information content (AvgIpc) is 3.18. The molecule has 0 saturated carbocycles. The lowest BCUT2D eigenvalue weighted by atomic mass is 9.75. The lowest BCUT2D eigenvalue weighted by Crippen LogP contribution is -2.29. The fraction of sp³-hybridized carbons (Fsp3) is 0.200. The summed E-state index contributed by atoms with van der Waals surface area (Å²) in [7, 11) is 0. The highest BCUT2D eigenvalue weighted by Crippen LogP contribution is 2.49. The lowest BCUT2D eigenvalue weighted by molar-refractivity contribution is -0.117. The Hall–Kier alpha value is -2.79. The molecule has 26 heavy (non-hydrogen) atoms. The van der Waals surface area contributed by atoms with Gasteiger partial charge < -0.3 is 10.5 Å². The van der Waals surface area contributed by atoms with E-state index in [0.717, 1.165) is 11.3 Å². The van der Waals surface area contributed by atoms with E-state index in [1.165, 1.54) is 0 Å². The van der Waals surface area contributed by atoms with Crippen molar-refractivity contribution in [1.82, 2.24) is 4.57 Å². The van der Waals surface area contributed by atoms with Gasteiger partial charge in [-0.1, -0.05) is 23.7 Å². The van der Waals surface area contributed by atoms with Crippen molar-refractivity contribution in [3.05, 3.63) is 81.7 Å². The normalized spacial score (nSPS) is 24.3. The van der Waals surface area contributed by atoms with E-state index >= 15 is 0 Å². The van der Waals surface area contributed by atoms with Crippen molar-refractivity contribution in [3.8, 4) is 0 Å². The van der Waals surface area contributed by atoms with Gasteiger partial charge in [0.2, 0.25) is 0 Å². The van der Waals surface area contributed by atoms with Gasteiger partial charge in [-0.2, -0.15) is 0 Å². The monoisotopic (exact) mass is 366 g/mol. The van der Waals surface area contributed by atoms with Gasteiger partial charge >= 0.3 is 0 Å². The molecule has 2 atom stereocenters. The average molecular weight is 367 g/mol. The molecule has 6 heteroatoms. The number of ether oxygens (including phenoxy) is 1. The third-order valence-corrected chi connectivity index (χ3v) is 5.66. The molecular weight excluding hydrogens is 352 g/mol. The molecule has 2 aromatic rings. The number of carbonyl (C=O) groups excluding carboxylic acids is 2. The molecule has 3 heterocycles. The number of aromatic nitrogens is 1. The molecule has 1 aromatic carbocycles. The summed E-state index contributed by atoms with van der Waals surface area (Å²) in [6, 6.07) is 11.2. The van der Waals surface area contributed by atoms with Crippen molar-refractivity contribution in [3.63, 3.8) is 0 Å². The molecule has 1 aliphatic carbocycles. The first-order valence-electron chi connectivity index (χ1n) is 8.45. The summed E-state index contributed by atoms with van der Waals surface area (Å²) < 4.78 is 7.32. The first-order valence-corrected chi connectivity index (χ1v) is 8.83. The van der Waals surface area contributed by atoms with Crippen LogP contribution < -0.4 is 5.73 Å². The zero-order valence-electron chi connectivity index (χ0n) is 13.7. The van der Waals surface area contributed by atoms with Gasteiger partial charge in [0, 0.05) is 35.3 Å². The Morgan fingerprint density at radius 2 is 1.85 bits per heavy atom. The predicted molar refractivity (Wildman–Crippen MR) is 95.6 cm³/mol. The Kier molecular flexibility index (Phi) is 3.18. The van der Waals surface area contributed by atoms with Crippen LogP contribution >= 0.6 is 11.6 Å². The summed E-state index contributed by atoms with van der Waals surface area (Å²) >= 11 is 5.96. The second-order valence-corrected chi connectivity index (χ2v) is 7.27. The maximum absolute atomic E-state index is 13.0. The SMILES string of the molecule is NC1=C2C(=O)n3cccc3C2C2=C(CC(c3ccc(Cl)cc3)CC2=O)O1. The van der Waals surface area contributed by atoms with E-state index < -0.39 is 5.92 Å². The van der Waals surface area contributed by atoms with Crippen LogP contribution in [0, 0.1) is 0 Å². The first-order chi connectivity index (χ1) is 12.5. The number of hydrogen-bond donors (Lipinski definition) is 1. The number of carbonyl (C=O) groups is 2. The van der Waals surface area contributed by atoms with E-state index in [9.17, 15) is 9.59 Å². The number of Topliss-reactive ketones (excluding diaryl/α,β-unsaturated/α-hetero) is 1. The van der Waals surface area contributed by atoms with Crippen LogP contribution in [0.2, 0.25) is 5.02 Å². The molecule has 0 radical (unpaired) electrons. The van der Waals surface area contributed by atoms with E-state index in [1.807, 2.05) is 30.3 Å². The van der Waals surface area contributed by atoms with E-state index in [2.05, 4.69) is 0 Å². The van der Waals surface area contributed by atoms with Gasteiger partial charge in [-0.05, 0) is 35.7 Å². The first kappa shape index (κ1) is 15.5. The van der Waals surface area contributed by atoms with Gasteiger partial charge in [0.05, 0.1) is 11.5 Å². The van der Waals surface area contributed by atoms with E-state index in [0.29, 0.717) is 34.8 Å². The van der Waals surface area contributed by atoms with Gasteiger partial charge in [0.15, 0.2) is 11.7 Å². The molecule has 0 spiro atoms. The van der Waals surface area contributed by atoms with Crippen molar-refractivity contribution < 1.29 is 14.3 Å². The maximum Gasteiger partial charge on any atom is 0.264 e. The molecule has 5 nitrogen and oxygen atoms in total. The minimum absolute atomic E-state index is 0.00338. The molecule has 5 rings (SSSR count). The van der Waals surface area contributed by atoms with Crippen molar-refractivity contribution in [2.24, 2.45) is 5.73 Å². The smallest absolute Gasteiger partial charge is 0.264 e. The Bertz CT molecular complexity index is 1030. The largest absolute Gasteiger partial charge is 0.445 e. The van der Waals surface area contributed by atoms with Crippen molar-refractivity contribution >= 4 is 23.3 Å². The van der Waals surface area contributed by atoms with E-state index in [4.69, 9.17) is 22.1 Å². The van der Waals surface area contributed by atoms with Crippen molar-refractivity contribution in [2.45, 2.75) is 24.7 Å². The predicted octanol–water partition coefficient (Wildman–Crippen LogP) is 3.48. The molecule has 3 aliphatic rings. The van der Waals surface area contributed by atoms with Gasteiger partial charge in [-0.25, -0.2) is 0 Å². The molecule has 2 N–H and O–H groups in total.